The smallest absolute Gasteiger partial charge is 0.242 e. The summed E-state index contributed by atoms with van der Waals surface area (Å²) in [7, 11) is 1.64. The highest BCUT2D eigenvalue weighted by Crippen LogP contribution is 2.34. The molecule has 5 nitrogen and oxygen atoms in total. The number of nitrogens with one attached hydrogen (secondary N) is 1. The van der Waals surface area contributed by atoms with Gasteiger partial charge in [0, 0.05) is 11.5 Å². The number of hydrogen-bond acceptors (Lipinski definition) is 6. The Bertz CT molecular complexity index is 587. The van der Waals surface area contributed by atoms with E-state index >= 15 is 0 Å². The highest BCUT2D eigenvalue weighted by molar-refractivity contribution is 8.00. The van der Waals surface area contributed by atoms with E-state index in [-0.39, 0.29) is 23.4 Å². The number of benzene rings is 1. The van der Waals surface area contributed by atoms with Crippen LogP contribution in [0.1, 0.15) is 10.9 Å². The number of methoxy groups -OCH3 is 1. The molecule has 3 atom stereocenters. The average Bonchev–Trinajstić information content (AvgIpc) is 3.23. The Labute approximate surface area is 138 Å². The SMILES string of the molecule is COc1ccc(C2N[C@H](C(=O)N3CSC[C@H]3C#N)CS2)cc1. The van der Waals surface area contributed by atoms with E-state index in [0.29, 0.717) is 11.6 Å². The average molecular weight is 335 g/mol. The zero-order valence-electron chi connectivity index (χ0n) is 12.2. The third kappa shape index (κ3) is 3.05. The van der Waals surface area contributed by atoms with Gasteiger partial charge in [-0.05, 0) is 17.7 Å². The van der Waals surface area contributed by atoms with Crippen molar-refractivity contribution in [1.29, 1.82) is 5.26 Å². The van der Waals surface area contributed by atoms with Crippen LogP contribution in [0.2, 0.25) is 0 Å². The molecule has 0 bridgehead atoms. The Morgan fingerprint density at radius 1 is 1.41 bits per heavy atom. The molecule has 0 aliphatic carbocycles. The summed E-state index contributed by atoms with van der Waals surface area (Å²) in [6.45, 7) is 0. The van der Waals surface area contributed by atoms with Gasteiger partial charge in [-0.3, -0.25) is 10.1 Å². The van der Waals surface area contributed by atoms with Crippen LogP contribution in [0.3, 0.4) is 0 Å². The van der Waals surface area contributed by atoms with Crippen molar-refractivity contribution >= 4 is 29.4 Å². The fourth-order valence-electron chi connectivity index (χ4n) is 2.55. The second kappa shape index (κ2) is 6.82. The minimum absolute atomic E-state index is 0.0417. The van der Waals surface area contributed by atoms with Crippen LogP contribution in [0.15, 0.2) is 24.3 Å². The second-order valence-electron chi connectivity index (χ2n) is 5.16. The predicted octanol–water partition coefficient (Wildman–Crippen LogP) is 1.82. The molecule has 1 unspecified atom stereocenters. The summed E-state index contributed by atoms with van der Waals surface area (Å²) in [5, 5.41) is 12.6. The van der Waals surface area contributed by atoms with Crippen molar-refractivity contribution in [3.05, 3.63) is 29.8 Å². The van der Waals surface area contributed by atoms with Crippen molar-refractivity contribution in [1.82, 2.24) is 10.2 Å². The van der Waals surface area contributed by atoms with E-state index in [1.54, 1.807) is 35.5 Å². The van der Waals surface area contributed by atoms with E-state index in [1.807, 2.05) is 24.3 Å². The molecule has 3 rings (SSSR count). The molecule has 2 saturated heterocycles. The van der Waals surface area contributed by atoms with Crippen molar-refractivity contribution in [2.24, 2.45) is 0 Å². The van der Waals surface area contributed by atoms with Gasteiger partial charge in [0.25, 0.3) is 0 Å². The van der Waals surface area contributed by atoms with Crippen molar-refractivity contribution < 1.29 is 9.53 Å². The van der Waals surface area contributed by atoms with Crippen molar-refractivity contribution in [3.8, 4) is 11.8 Å². The van der Waals surface area contributed by atoms with Crippen molar-refractivity contribution in [2.75, 3.05) is 24.5 Å². The molecule has 2 heterocycles. The lowest BCUT2D eigenvalue weighted by atomic mass is 10.2. The quantitative estimate of drug-likeness (QED) is 0.909. The predicted molar refractivity (Wildman–Crippen MR) is 88.7 cm³/mol. The maximum Gasteiger partial charge on any atom is 0.242 e. The van der Waals surface area contributed by atoms with Crippen LogP contribution in [0, 0.1) is 11.3 Å². The van der Waals surface area contributed by atoms with Gasteiger partial charge < -0.3 is 9.64 Å². The lowest BCUT2D eigenvalue weighted by molar-refractivity contribution is -0.132. The summed E-state index contributed by atoms with van der Waals surface area (Å²) in [5.74, 6) is 2.93. The Hall–Kier alpha value is -1.36. The van der Waals surface area contributed by atoms with Gasteiger partial charge in [0.2, 0.25) is 5.91 Å². The van der Waals surface area contributed by atoms with E-state index in [1.165, 1.54) is 0 Å². The van der Waals surface area contributed by atoms with Crippen LogP contribution in [0.4, 0.5) is 0 Å². The molecule has 1 amide bonds. The molecule has 0 radical (unpaired) electrons. The van der Waals surface area contributed by atoms with Gasteiger partial charge in [-0.1, -0.05) is 12.1 Å². The number of hydrogen-bond donors (Lipinski definition) is 1. The van der Waals surface area contributed by atoms with Gasteiger partial charge in [-0.2, -0.15) is 5.26 Å². The topological polar surface area (TPSA) is 65.4 Å². The lowest BCUT2D eigenvalue weighted by Gasteiger charge is -2.22. The summed E-state index contributed by atoms with van der Waals surface area (Å²) in [5.41, 5.74) is 1.13. The molecule has 2 fully saturated rings. The summed E-state index contributed by atoms with van der Waals surface area (Å²) < 4.78 is 5.16. The molecular formula is C15H17N3O2S2. The Kier molecular flexibility index (Phi) is 4.81. The van der Waals surface area contributed by atoms with E-state index in [2.05, 4.69) is 11.4 Å². The largest absolute Gasteiger partial charge is 0.497 e. The van der Waals surface area contributed by atoms with Gasteiger partial charge in [0.1, 0.15) is 11.8 Å². The van der Waals surface area contributed by atoms with Crippen LogP contribution in [-0.2, 0) is 4.79 Å². The van der Waals surface area contributed by atoms with E-state index in [9.17, 15) is 4.79 Å². The van der Waals surface area contributed by atoms with E-state index in [4.69, 9.17) is 10.00 Å². The maximum atomic E-state index is 12.6. The van der Waals surface area contributed by atoms with Crippen LogP contribution >= 0.6 is 23.5 Å². The Balaban J connectivity index is 1.64. The molecule has 2 aliphatic rings. The number of amides is 1. The van der Waals surface area contributed by atoms with Crippen molar-refractivity contribution in [3.63, 3.8) is 0 Å². The molecule has 0 spiro atoms. The maximum absolute atomic E-state index is 12.6. The first-order valence-corrected chi connectivity index (χ1v) is 9.22. The second-order valence-corrected chi connectivity index (χ2v) is 7.30. The minimum atomic E-state index is -0.288. The highest BCUT2D eigenvalue weighted by atomic mass is 32.2. The highest BCUT2D eigenvalue weighted by Gasteiger charge is 2.37. The van der Waals surface area contributed by atoms with Crippen LogP contribution < -0.4 is 10.1 Å². The first kappa shape index (κ1) is 15.5. The summed E-state index contributed by atoms with van der Waals surface area (Å²) in [6, 6.07) is 9.59. The molecule has 1 aromatic carbocycles. The molecule has 22 heavy (non-hydrogen) atoms. The molecule has 0 saturated carbocycles. The molecule has 116 valence electrons. The fourth-order valence-corrected chi connectivity index (χ4v) is 4.87. The third-order valence-electron chi connectivity index (χ3n) is 3.81. The van der Waals surface area contributed by atoms with Gasteiger partial charge in [0.15, 0.2) is 0 Å². The third-order valence-corrected chi connectivity index (χ3v) is 6.09. The summed E-state index contributed by atoms with van der Waals surface area (Å²) in [6.07, 6.45) is 0. The Morgan fingerprint density at radius 3 is 2.86 bits per heavy atom. The first-order valence-electron chi connectivity index (χ1n) is 7.02. The number of thioether (sulfide) groups is 2. The van der Waals surface area contributed by atoms with E-state index < -0.39 is 0 Å². The molecule has 1 aromatic rings. The molecule has 2 aliphatic heterocycles. The zero-order chi connectivity index (χ0) is 15.5. The number of carbonyl (C=O) groups excluding carboxylic acids is 1. The number of carbonyl (C=O) groups is 1. The van der Waals surface area contributed by atoms with Crippen LogP contribution in [-0.4, -0.2) is 47.4 Å². The number of rotatable bonds is 3. The molecule has 0 aromatic heterocycles. The fraction of sp³-hybridized carbons (Fsp3) is 0.467. The summed E-state index contributed by atoms with van der Waals surface area (Å²) in [4.78, 5) is 14.3. The normalized spacial score (nSPS) is 27.6. The number of nitriles is 1. The lowest BCUT2D eigenvalue weighted by Crippen LogP contribution is -2.47. The van der Waals surface area contributed by atoms with Gasteiger partial charge in [-0.25, -0.2) is 0 Å². The zero-order valence-corrected chi connectivity index (χ0v) is 13.8. The minimum Gasteiger partial charge on any atom is -0.497 e. The first-order chi connectivity index (χ1) is 10.7. The van der Waals surface area contributed by atoms with Crippen molar-refractivity contribution in [2.45, 2.75) is 17.5 Å². The standard InChI is InChI=1S/C15H17N3O2S2/c1-20-12-4-2-10(3-5-12)14-17-13(8-22-14)15(19)18-9-21-7-11(18)6-16/h2-5,11,13-14,17H,7-9H2,1H3/t11-,13+,14?/m1/s1. The summed E-state index contributed by atoms with van der Waals surface area (Å²) >= 11 is 3.36. The van der Waals surface area contributed by atoms with Gasteiger partial charge in [0.05, 0.1) is 30.5 Å². The van der Waals surface area contributed by atoms with Crippen LogP contribution in [0.25, 0.3) is 0 Å². The molecular weight excluding hydrogens is 318 g/mol. The molecule has 1 N–H and O–H groups in total. The van der Waals surface area contributed by atoms with Gasteiger partial charge >= 0.3 is 0 Å². The number of ether oxygens (including phenoxy) is 1. The van der Waals surface area contributed by atoms with Gasteiger partial charge in [-0.15, -0.1) is 23.5 Å². The molecule has 7 heteroatoms. The number of nitrogens with zero attached hydrogens (tertiary/aromatic N) is 2. The Morgan fingerprint density at radius 2 is 2.18 bits per heavy atom. The van der Waals surface area contributed by atoms with Crippen LogP contribution in [0.5, 0.6) is 5.75 Å². The van der Waals surface area contributed by atoms with E-state index in [0.717, 1.165) is 17.1 Å². The monoisotopic (exact) mass is 335 g/mol.